The number of rotatable bonds is 0. The number of benzene rings is 1. The Morgan fingerprint density at radius 2 is 1.62 bits per heavy atom. The number of hydrogen-bond acceptors (Lipinski definition) is 4. The Bertz CT molecular complexity index is 620. The highest BCUT2D eigenvalue weighted by atomic mass is 16.4. The van der Waals surface area contributed by atoms with E-state index in [2.05, 4.69) is 15.1 Å². The van der Waals surface area contributed by atoms with E-state index in [-0.39, 0.29) is 0 Å². The first-order valence-electron chi connectivity index (χ1n) is 5.06. The van der Waals surface area contributed by atoms with Gasteiger partial charge in [0.1, 0.15) is 5.36 Å². The highest BCUT2D eigenvalue weighted by Gasteiger charge is 2.01. The molecule has 1 heterocycles. The van der Waals surface area contributed by atoms with Crippen molar-refractivity contribution < 1.29 is 5.21 Å². The third-order valence-electron chi connectivity index (χ3n) is 2.49. The van der Waals surface area contributed by atoms with Gasteiger partial charge < -0.3 is 5.21 Å². The van der Waals surface area contributed by atoms with Crippen LogP contribution in [0.1, 0.15) is 17.0 Å². The maximum Gasteiger partial charge on any atom is 0.144 e. The van der Waals surface area contributed by atoms with Crippen LogP contribution in [0.4, 0.5) is 0 Å². The van der Waals surface area contributed by atoms with Gasteiger partial charge in [0.25, 0.3) is 0 Å². The van der Waals surface area contributed by atoms with Gasteiger partial charge in [0.05, 0.1) is 22.4 Å². The quantitative estimate of drug-likeness (QED) is 0.539. The van der Waals surface area contributed by atoms with Crippen LogP contribution in [0.15, 0.2) is 23.4 Å². The van der Waals surface area contributed by atoms with Gasteiger partial charge in [0, 0.05) is 0 Å². The van der Waals surface area contributed by atoms with Gasteiger partial charge in [-0.3, -0.25) is 0 Å². The van der Waals surface area contributed by atoms with Crippen LogP contribution in [-0.4, -0.2) is 15.2 Å². The molecule has 0 spiro atoms. The van der Waals surface area contributed by atoms with Gasteiger partial charge in [0.15, 0.2) is 0 Å². The van der Waals surface area contributed by atoms with Crippen molar-refractivity contribution in [3.05, 3.63) is 40.5 Å². The van der Waals surface area contributed by atoms with Crippen LogP contribution in [0, 0.1) is 20.8 Å². The lowest BCUT2D eigenvalue weighted by Gasteiger charge is -1.93. The summed E-state index contributed by atoms with van der Waals surface area (Å²) in [4.78, 5) is 8.81. The fourth-order valence-corrected chi connectivity index (χ4v) is 1.69. The molecule has 16 heavy (non-hydrogen) atoms. The van der Waals surface area contributed by atoms with Crippen molar-refractivity contribution in [3.8, 4) is 0 Å². The third kappa shape index (κ3) is 1.74. The maximum absolute atomic E-state index is 8.92. The Morgan fingerprint density at radius 1 is 1.00 bits per heavy atom. The van der Waals surface area contributed by atoms with Gasteiger partial charge in [-0.15, -0.1) is 0 Å². The zero-order valence-corrected chi connectivity index (χ0v) is 9.52. The Balaban J connectivity index is 2.99. The monoisotopic (exact) mass is 215 g/mol. The second kappa shape index (κ2) is 3.89. The van der Waals surface area contributed by atoms with Crippen molar-refractivity contribution in [2.24, 2.45) is 5.16 Å². The van der Waals surface area contributed by atoms with Crippen LogP contribution < -0.4 is 5.36 Å². The minimum atomic E-state index is 0.439. The zero-order valence-electron chi connectivity index (χ0n) is 9.52. The average Bonchev–Trinajstić information content (AvgIpc) is 2.33. The highest BCUT2D eigenvalue weighted by Crippen LogP contribution is 2.10. The topological polar surface area (TPSA) is 58.4 Å². The first-order chi connectivity index (χ1) is 7.61. The van der Waals surface area contributed by atoms with E-state index in [4.69, 9.17) is 5.21 Å². The van der Waals surface area contributed by atoms with E-state index in [1.807, 2.05) is 39.0 Å². The average molecular weight is 215 g/mol. The maximum atomic E-state index is 8.92. The van der Waals surface area contributed by atoms with Crippen LogP contribution in [0.5, 0.6) is 0 Å². The van der Waals surface area contributed by atoms with Crippen LogP contribution in [0.2, 0.25) is 0 Å². The number of fused-ring (bicyclic) bond motifs is 1. The summed E-state index contributed by atoms with van der Waals surface area (Å²) in [5.74, 6) is 0. The molecule has 0 unspecified atom stereocenters. The van der Waals surface area contributed by atoms with E-state index < -0.39 is 0 Å². The molecular weight excluding hydrogens is 202 g/mol. The number of nitrogens with zero attached hydrogens (tertiary/aromatic N) is 3. The van der Waals surface area contributed by atoms with E-state index in [1.165, 1.54) is 0 Å². The first kappa shape index (κ1) is 10.5. The first-order valence-corrected chi connectivity index (χ1v) is 5.06. The van der Waals surface area contributed by atoms with Crippen LogP contribution in [0.25, 0.3) is 11.0 Å². The van der Waals surface area contributed by atoms with Gasteiger partial charge >= 0.3 is 0 Å². The molecule has 2 rings (SSSR count). The van der Waals surface area contributed by atoms with Gasteiger partial charge in [-0.05, 0) is 38.5 Å². The molecule has 0 saturated heterocycles. The number of aromatic nitrogens is 2. The van der Waals surface area contributed by atoms with Gasteiger partial charge in [-0.1, -0.05) is 11.2 Å². The largest absolute Gasteiger partial charge is 0.410 e. The number of hydrogen-bond donors (Lipinski definition) is 1. The summed E-state index contributed by atoms with van der Waals surface area (Å²) in [6.45, 7) is 5.63. The lowest BCUT2D eigenvalue weighted by molar-refractivity contribution is 0.300. The molecule has 0 radical (unpaired) electrons. The molecule has 0 fully saturated rings. The fraction of sp³-hybridized carbons (Fsp3) is 0.250. The summed E-state index contributed by atoms with van der Waals surface area (Å²) in [5, 5.41) is 12.6. The lowest BCUT2D eigenvalue weighted by atomic mass is 10.2. The number of aryl methyl sites for hydroxylation is 3. The predicted molar refractivity (Wildman–Crippen MR) is 61.1 cm³/mol. The molecule has 4 heteroatoms. The summed E-state index contributed by atoms with van der Waals surface area (Å²) in [7, 11) is 0. The summed E-state index contributed by atoms with van der Waals surface area (Å²) in [5.41, 5.74) is 4.10. The van der Waals surface area contributed by atoms with Crippen LogP contribution in [-0.2, 0) is 0 Å². The highest BCUT2D eigenvalue weighted by molar-refractivity contribution is 5.74. The van der Waals surface area contributed by atoms with Crippen LogP contribution in [0.3, 0.4) is 0 Å². The van der Waals surface area contributed by atoms with Crippen molar-refractivity contribution in [2.75, 3.05) is 0 Å². The minimum Gasteiger partial charge on any atom is -0.410 e. The molecule has 1 aromatic heterocycles. The Hall–Kier alpha value is -1.97. The molecule has 0 atom stereocenters. The Labute approximate surface area is 93.3 Å². The van der Waals surface area contributed by atoms with E-state index >= 15 is 0 Å². The fourth-order valence-electron chi connectivity index (χ4n) is 1.69. The molecule has 0 saturated carbocycles. The summed E-state index contributed by atoms with van der Waals surface area (Å²) < 4.78 is 0. The molecule has 1 aromatic carbocycles. The van der Waals surface area contributed by atoms with E-state index in [0.29, 0.717) is 16.7 Å². The molecule has 2 aromatic rings. The van der Waals surface area contributed by atoms with E-state index in [9.17, 15) is 0 Å². The normalized spacial score (nSPS) is 12.1. The minimum absolute atomic E-state index is 0.439. The Kier molecular flexibility index (Phi) is 2.56. The standard InChI is InChI=1S/C12H13N3O/c1-7-4-5-10-11(6-7)14-9(3)12(15-16)8(2)13-10/h4-6,16H,1-3H3/b15-12-. The second-order valence-electron chi connectivity index (χ2n) is 3.84. The van der Waals surface area contributed by atoms with Crippen molar-refractivity contribution in [3.63, 3.8) is 0 Å². The van der Waals surface area contributed by atoms with E-state index in [0.717, 1.165) is 16.6 Å². The van der Waals surface area contributed by atoms with Gasteiger partial charge in [-0.2, -0.15) is 0 Å². The lowest BCUT2D eigenvalue weighted by Crippen LogP contribution is -2.10. The molecule has 0 amide bonds. The van der Waals surface area contributed by atoms with Gasteiger partial charge in [0.2, 0.25) is 0 Å². The molecular formula is C12H13N3O. The smallest absolute Gasteiger partial charge is 0.144 e. The van der Waals surface area contributed by atoms with Gasteiger partial charge in [-0.25, -0.2) is 9.97 Å². The summed E-state index contributed by atoms with van der Waals surface area (Å²) >= 11 is 0. The zero-order chi connectivity index (χ0) is 11.7. The molecule has 4 nitrogen and oxygen atoms in total. The SMILES string of the molecule is Cc1ccc2nc(C)/c(=N/O)c(C)nc2c1. The van der Waals surface area contributed by atoms with Crippen molar-refractivity contribution in [1.29, 1.82) is 0 Å². The van der Waals surface area contributed by atoms with Crippen molar-refractivity contribution in [1.82, 2.24) is 9.97 Å². The third-order valence-corrected chi connectivity index (χ3v) is 2.49. The molecule has 0 aliphatic carbocycles. The summed E-state index contributed by atoms with van der Waals surface area (Å²) in [6.07, 6.45) is 0. The van der Waals surface area contributed by atoms with Crippen LogP contribution >= 0.6 is 0 Å². The molecule has 0 aliphatic rings. The van der Waals surface area contributed by atoms with E-state index in [1.54, 1.807) is 0 Å². The Morgan fingerprint density at radius 3 is 2.25 bits per heavy atom. The van der Waals surface area contributed by atoms with Crippen molar-refractivity contribution in [2.45, 2.75) is 20.8 Å². The second-order valence-corrected chi connectivity index (χ2v) is 3.84. The predicted octanol–water partition coefficient (Wildman–Crippen LogP) is 1.84. The summed E-state index contributed by atoms with van der Waals surface area (Å²) in [6, 6.07) is 5.88. The molecule has 0 bridgehead atoms. The molecule has 0 aliphatic heterocycles. The van der Waals surface area contributed by atoms with Crippen molar-refractivity contribution >= 4 is 11.0 Å². The molecule has 82 valence electrons. The molecule has 1 N–H and O–H groups in total.